The van der Waals surface area contributed by atoms with Crippen molar-refractivity contribution in [1.29, 1.82) is 0 Å². The van der Waals surface area contributed by atoms with Crippen LogP contribution >= 0.6 is 11.8 Å². The second kappa shape index (κ2) is 5.43. The van der Waals surface area contributed by atoms with Crippen LogP contribution in [0.3, 0.4) is 0 Å². The van der Waals surface area contributed by atoms with Crippen LogP contribution in [0, 0.1) is 0 Å². The van der Waals surface area contributed by atoms with Crippen LogP contribution in [-0.2, 0) is 12.2 Å². The summed E-state index contributed by atoms with van der Waals surface area (Å²) in [5.41, 5.74) is 1.71. The zero-order valence-electron chi connectivity index (χ0n) is 9.53. The standard InChI is InChI=1S/C12H16N2OS/c1-2-16-8-12-13-7-9-10(14-12)5-3-4-6-11(9)15/h7H,2-6,8H2,1H3. The van der Waals surface area contributed by atoms with E-state index in [0.717, 1.165) is 47.8 Å². The highest BCUT2D eigenvalue weighted by atomic mass is 32.2. The Labute approximate surface area is 100 Å². The van der Waals surface area contributed by atoms with E-state index in [1.54, 1.807) is 6.20 Å². The molecule has 0 saturated heterocycles. The summed E-state index contributed by atoms with van der Waals surface area (Å²) < 4.78 is 0. The molecule has 0 fully saturated rings. The molecular weight excluding hydrogens is 220 g/mol. The molecule has 0 saturated carbocycles. The minimum absolute atomic E-state index is 0.210. The van der Waals surface area contributed by atoms with Gasteiger partial charge in [-0.05, 0) is 25.0 Å². The van der Waals surface area contributed by atoms with Crippen molar-refractivity contribution < 1.29 is 4.79 Å². The van der Waals surface area contributed by atoms with Gasteiger partial charge in [-0.25, -0.2) is 9.97 Å². The van der Waals surface area contributed by atoms with Gasteiger partial charge in [-0.3, -0.25) is 4.79 Å². The molecule has 0 aromatic carbocycles. The van der Waals surface area contributed by atoms with Crippen LogP contribution in [0.15, 0.2) is 6.20 Å². The van der Waals surface area contributed by atoms with Gasteiger partial charge in [0.05, 0.1) is 17.0 Å². The minimum atomic E-state index is 0.210. The summed E-state index contributed by atoms with van der Waals surface area (Å²) in [5, 5.41) is 0. The number of carbonyl (C=O) groups is 1. The van der Waals surface area contributed by atoms with Crippen molar-refractivity contribution in [3.8, 4) is 0 Å². The van der Waals surface area contributed by atoms with Crippen LogP contribution in [0.1, 0.15) is 48.1 Å². The maximum absolute atomic E-state index is 11.7. The first-order valence-corrected chi connectivity index (χ1v) is 6.92. The van der Waals surface area contributed by atoms with E-state index >= 15 is 0 Å². The fraction of sp³-hybridized carbons (Fsp3) is 0.583. The normalized spacial score (nSPS) is 15.7. The van der Waals surface area contributed by atoms with Crippen LogP contribution in [0.25, 0.3) is 0 Å². The first-order valence-electron chi connectivity index (χ1n) is 5.77. The molecule has 1 aliphatic rings. The summed E-state index contributed by atoms with van der Waals surface area (Å²) in [7, 11) is 0. The first-order chi connectivity index (χ1) is 7.81. The Bertz CT molecular complexity index is 393. The molecule has 2 rings (SSSR count). The van der Waals surface area contributed by atoms with Gasteiger partial charge >= 0.3 is 0 Å². The van der Waals surface area contributed by atoms with E-state index in [1.165, 1.54) is 0 Å². The van der Waals surface area contributed by atoms with Gasteiger partial charge in [0.2, 0.25) is 0 Å². The minimum Gasteiger partial charge on any atom is -0.294 e. The fourth-order valence-corrected chi connectivity index (χ4v) is 2.38. The lowest BCUT2D eigenvalue weighted by molar-refractivity contribution is 0.0981. The average Bonchev–Trinajstić information content (AvgIpc) is 2.49. The zero-order valence-corrected chi connectivity index (χ0v) is 10.3. The van der Waals surface area contributed by atoms with Gasteiger partial charge in [0, 0.05) is 12.6 Å². The number of nitrogens with zero attached hydrogens (tertiary/aromatic N) is 2. The van der Waals surface area contributed by atoms with E-state index in [2.05, 4.69) is 16.9 Å². The molecule has 1 aromatic rings. The third kappa shape index (κ3) is 2.61. The number of thioether (sulfide) groups is 1. The van der Waals surface area contributed by atoms with Gasteiger partial charge < -0.3 is 0 Å². The van der Waals surface area contributed by atoms with Crippen molar-refractivity contribution in [1.82, 2.24) is 9.97 Å². The fourth-order valence-electron chi connectivity index (χ4n) is 1.86. The number of carbonyl (C=O) groups excluding carboxylic acids is 1. The van der Waals surface area contributed by atoms with Gasteiger partial charge in [-0.2, -0.15) is 11.8 Å². The van der Waals surface area contributed by atoms with Gasteiger partial charge in [-0.1, -0.05) is 6.92 Å². The molecule has 3 nitrogen and oxygen atoms in total. The van der Waals surface area contributed by atoms with Crippen molar-refractivity contribution in [2.24, 2.45) is 0 Å². The molecule has 0 bridgehead atoms. The second-order valence-corrected chi connectivity index (χ2v) is 5.19. The lowest BCUT2D eigenvalue weighted by Crippen LogP contribution is -2.06. The Kier molecular flexibility index (Phi) is 3.93. The van der Waals surface area contributed by atoms with Gasteiger partial charge in [0.25, 0.3) is 0 Å². The molecule has 0 atom stereocenters. The molecule has 1 aromatic heterocycles. The van der Waals surface area contributed by atoms with Gasteiger partial charge in [-0.15, -0.1) is 0 Å². The molecule has 0 aliphatic heterocycles. The Morgan fingerprint density at radius 1 is 1.38 bits per heavy atom. The summed E-state index contributed by atoms with van der Waals surface area (Å²) in [4.78, 5) is 20.5. The lowest BCUT2D eigenvalue weighted by atomic mass is 10.1. The molecule has 0 spiro atoms. The largest absolute Gasteiger partial charge is 0.294 e. The Morgan fingerprint density at radius 3 is 3.00 bits per heavy atom. The highest BCUT2D eigenvalue weighted by molar-refractivity contribution is 7.98. The Morgan fingerprint density at radius 2 is 2.19 bits per heavy atom. The lowest BCUT2D eigenvalue weighted by Gasteiger charge is -2.05. The van der Waals surface area contributed by atoms with Crippen LogP contribution < -0.4 is 0 Å². The molecule has 0 radical (unpaired) electrons. The van der Waals surface area contributed by atoms with E-state index < -0.39 is 0 Å². The van der Waals surface area contributed by atoms with Crippen molar-refractivity contribution in [3.63, 3.8) is 0 Å². The Balaban J connectivity index is 2.23. The van der Waals surface area contributed by atoms with Crippen molar-refractivity contribution in [2.45, 2.75) is 38.4 Å². The summed E-state index contributed by atoms with van der Waals surface area (Å²) >= 11 is 1.81. The van der Waals surface area contributed by atoms with E-state index in [4.69, 9.17) is 0 Å². The van der Waals surface area contributed by atoms with Crippen LogP contribution in [0.2, 0.25) is 0 Å². The predicted molar refractivity (Wildman–Crippen MR) is 65.8 cm³/mol. The molecule has 0 amide bonds. The summed E-state index contributed by atoms with van der Waals surface area (Å²) in [6.45, 7) is 2.12. The quantitative estimate of drug-likeness (QED) is 0.757. The number of ketones is 1. The highest BCUT2D eigenvalue weighted by Gasteiger charge is 2.17. The van der Waals surface area contributed by atoms with Gasteiger partial charge in [0.1, 0.15) is 5.82 Å². The molecule has 4 heteroatoms. The van der Waals surface area contributed by atoms with Crippen molar-refractivity contribution >= 4 is 17.5 Å². The zero-order chi connectivity index (χ0) is 11.4. The van der Waals surface area contributed by atoms with E-state index in [-0.39, 0.29) is 5.78 Å². The number of aryl methyl sites for hydroxylation is 1. The smallest absolute Gasteiger partial charge is 0.166 e. The molecule has 16 heavy (non-hydrogen) atoms. The van der Waals surface area contributed by atoms with Crippen LogP contribution in [0.4, 0.5) is 0 Å². The second-order valence-electron chi connectivity index (χ2n) is 3.91. The summed E-state index contributed by atoms with van der Waals surface area (Å²) in [6.07, 6.45) is 5.35. The predicted octanol–water partition coefficient (Wildman–Crippen LogP) is 2.64. The molecular formula is C12H16N2OS. The SMILES string of the molecule is CCSCc1ncc2c(n1)CCCCC2=O. The maximum Gasteiger partial charge on any atom is 0.166 e. The number of aromatic nitrogens is 2. The molecule has 0 N–H and O–H groups in total. The maximum atomic E-state index is 11.7. The third-order valence-electron chi connectivity index (χ3n) is 2.72. The third-order valence-corrected chi connectivity index (χ3v) is 3.59. The van der Waals surface area contributed by atoms with E-state index in [1.807, 2.05) is 11.8 Å². The Hall–Kier alpha value is -0.900. The highest BCUT2D eigenvalue weighted by Crippen LogP contribution is 2.19. The molecule has 1 aliphatic carbocycles. The topological polar surface area (TPSA) is 42.9 Å². The van der Waals surface area contributed by atoms with Gasteiger partial charge in [0.15, 0.2) is 5.78 Å². The number of rotatable bonds is 3. The van der Waals surface area contributed by atoms with Crippen LogP contribution in [0.5, 0.6) is 0 Å². The number of Topliss-reactive ketones (excluding diaryl/α,β-unsaturated/α-hetero) is 1. The number of hydrogen-bond donors (Lipinski definition) is 0. The monoisotopic (exact) mass is 236 g/mol. The molecule has 1 heterocycles. The summed E-state index contributed by atoms with van der Waals surface area (Å²) in [6, 6.07) is 0. The van der Waals surface area contributed by atoms with E-state index in [0.29, 0.717) is 6.42 Å². The summed E-state index contributed by atoms with van der Waals surface area (Å²) in [5.74, 6) is 2.99. The average molecular weight is 236 g/mol. The number of hydrogen-bond acceptors (Lipinski definition) is 4. The molecule has 0 unspecified atom stereocenters. The van der Waals surface area contributed by atoms with E-state index in [9.17, 15) is 4.79 Å². The van der Waals surface area contributed by atoms with Crippen LogP contribution in [-0.4, -0.2) is 21.5 Å². The number of fused-ring (bicyclic) bond motifs is 1. The molecule has 86 valence electrons. The van der Waals surface area contributed by atoms with Crippen molar-refractivity contribution in [3.05, 3.63) is 23.3 Å². The first kappa shape index (κ1) is 11.6. The van der Waals surface area contributed by atoms with Crippen molar-refractivity contribution in [2.75, 3.05) is 5.75 Å².